The predicted octanol–water partition coefficient (Wildman–Crippen LogP) is 1.75. The topological polar surface area (TPSA) is 26.0 Å². The molecule has 2 heteroatoms. The first kappa shape index (κ1) is 6.33. The van der Waals surface area contributed by atoms with Crippen molar-refractivity contribution in [3.05, 3.63) is 24.8 Å². The zero-order valence-corrected chi connectivity index (χ0v) is 5.55. The summed E-state index contributed by atoms with van der Waals surface area (Å²) in [5.74, 6) is 0.735. The molecule has 1 aromatic heterocycles. The van der Waals surface area contributed by atoms with Crippen molar-refractivity contribution in [1.82, 2.24) is 4.98 Å². The number of rotatable bonds is 2. The van der Waals surface area contributed by atoms with Crippen molar-refractivity contribution < 1.29 is 4.42 Å². The maximum atomic E-state index is 4.98. The predicted molar refractivity (Wildman–Crippen MR) is 34.9 cm³/mol. The molecule has 0 amide bonds. The van der Waals surface area contributed by atoms with Crippen molar-refractivity contribution in [2.45, 2.75) is 19.8 Å². The number of hydrogen-bond acceptors (Lipinski definition) is 2. The standard InChI is InChI=1S/C7H10NO/c1-3-4-7-5-9-6(2)8-7/h5H,1,3-4H2,2H3. The van der Waals surface area contributed by atoms with Gasteiger partial charge in [-0.25, -0.2) is 4.98 Å². The molecule has 0 aromatic carbocycles. The molecular weight excluding hydrogens is 114 g/mol. The summed E-state index contributed by atoms with van der Waals surface area (Å²) in [4.78, 5) is 4.09. The van der Waals surface area contributed by atoms with E-state index in [0.717, 1.165) is 24.4 Å². The van der Waals surface area contributed by atoms with Gasteiger partial charge in [0.2, 0.25) is 0 Å². The summed E-state index contributed by atoms with van der Waals surface area (Å²) >= 11 is 0. The zero-order chi connectivity index (χ0) is 6.69. The van der Waals surface area contributed by atoms with Crippen molar-refractivity contribution in [2.75, 3.05) is 0 Å². The maximum Gasteiger partial charge on any atom is 0.191 e. The lowest BCUT2D eigenvalue weighted by atomic mass is 10.3. The van der Waals surface area contributed by atoms with E-state index in [1.54, 1.807) is 6.26 Å². The Bertz CT molecular complexity index is 181. The number of oxazole rings is 1. The SMILES string of the molecule is [CH2]CCc1coc(C)n1. The average molecular weight is 124 g/mol. The third kappa shape index (κ3) is 1.56. The summed E-state index contributed by atoms with van der Waals surface area (Å²) in [5, 5.41) is 0. The minimum Gasteiger partial charge on any atom is -0.449 e. The molecule has 0 unspecified atom stereocenters. The molecule has 1 radical (unpaired) electrons. The Morgan fingerprint density at radius 3 is 3.00 bits per heavy atom. The van der Waals surface area contributed by atoms with Gasteiger partial charge >= 0.3 is 0 Å². The minimum absolute atomic E-state index is 0.735. The summed E-state index contributed by atoms with van der Waals surface area (Å²) < 4.78 is 4.98. The largest absolute Gasteiger partial charge is 0.449 e. The Kier molecular flexibility index (Phi) is 1.88. The van der Waals surface area contributed by atoms with Gasteiger partial charge in [-0.05, 0) is 12.8 Å². The van der Waals surface area contributed by atoms with Gasteiger partial charge in [0.25, 0.3) is 0 Å². The molecular formula is C7H10NO. The van der Waals surface area contributed by atoms with Gasteiger partial charge in [0, 0.05) is 6.92 Å². The van der Waals surface area contributed by atoms with Crippen LogP contribution < -0.4 is 0 Å². The van der Waals surface area contributed by atoms with Crippen LogP contribution in [-0.4, -0.2) is 4.98 Å². The molecule has 0 bridgehead atoms. The zero-order valence-electron chi connectivity index (χ0n) is 5.55. The van der Waals surface area contributed by atoms with E-state index in [0.29, 0.717) is 0 Å². The quantitative estimate of drug-likeness (QED) is 0.600. The maximum absolute atomic E-state index is 4.98. The van der Waals surface area contributed by atoms with Crippen molar-refractivity contribution in [3.63, 3.8) is 0 Å². The van der Waals surface area contributed by atoms with Gasteiger partial charge in [-0.15, -0.1) is 0 Å². The number of aryl methyl sites for hydroxylation is 2. The number of nitrogens with zero attached hydrogens (tertiary/aromatic N) is 1. The normalized spacial score (nSPS) is 10.0. The Balaban J connectivity index is 2.61. The van der Waals surface area contributed by atoms with E-state index in [-0.39, 0.29) is 0 Å². The Morgan fingerprint density at radius 1 is 1.78 bits per heavy atom. The van der Waals surface area contributed by atoms with Gasteiger partial charge in [-0.2, -0.15) is 0 Å². The third-order valence-electron chi connectivity index (χ3n) is 1.10. The fourth-order valence-corrected chi connectivity index (χ4v) is 0.704. The summed E-state index contributed by atoms with van der Waals surface area (Å²) in [6, 6.07) is 0. The van der Waals surface area contributed by atoms with Crippen LogP contribution in [0, 0.1) is 13.8 Å². The average Bonchev–Trinajstić information content (AvgIpc) is 2.17. The molecule has 0 saturated carbocycles. The molecule has 0 aliphatic rings. The molecule has 0 spiro atoms. The third-order valence-corrected chi connectivity index (χ3v) is 1.10. The van der Waals surface area contributed by atoms with E-state index < -0.39 is 0 Å². The Morgan fingerprint density at radius 2 is 2.56 bits per heavy atom. The lowest BCUT2D eigenvalue weighted by Gasteiger charge is -1.83. The molecule has 0 aliphatic heterocycles. The van der Waals surface area contributed by atoms with Crippen molar-refractivity contribution in [3.8, 4) is 0 Å². The molecule has 9 heavy (non-hydrogen) atoms. The minimum atomic E-state index is 0.735. The van der Waals surface area contributed by atoms with Gasteiger partial charge in [0.15, 0.2) is 5.89 Å². The monoisotopic (exact) mass is 124 g/mol. The number of aromatic nitrogens is 1. The van der Waals surface area contributed by atoms with Gasteiger partial charge in [-0.3, -0.25) is 0 Å². The highest BCUT2D eigenvalue weighted by atomic mass is 16.3. The molecule has 49 valence electrons. The van der Waals surface area contributed by atoms with Gasteiger partial charge in [-0.1, -0.05) is 6.92 Å². The highest BCUT2D eigenvalue weighted by Crippen LogP contribution is 2.01. The number of hydrogen-bond donors (Lipinski definition) is 0. The highest BCUT2D eigenvalue weighted by Gasteiger charge is 1.95. The van der Waals surface area contributed by atoms with Crippen molar-refractivity contribution >= 4 is 0 Å². The van der Waals surface area contributed by atoms with Crippen LogP contribution in [0.5, 0.6) is 0 Å². The van der Waals surface area contributed by atoms with E-state index in [9.17, 15) is 0 Å². The van der Waals surface area contributed by atoms with E-state index in [2.05, 4.69) is 11.9 Å². The van der Waals surface area contributed by atoms with Crippen molar-refractivity contribution in [1.29, 1.82) is 0 Å². The van der Waals surface area contributed by atoms with Crippen LogP contribution in [-0.2, 0) is 6.42 Å². The summed E-state index contributed by atoms with van der Waals surface area (Å²) in [7, 11) is 0. The second-order valence-corrected chi connectivity index (χ2v) is 1.96. The lowest BCUT2D eigenvalue weighted by Crippen LogP contribution is -1.81. The van der Waals surface area contributed by atoms with Crippen LogP contribution in [0.25, 0.3) is 0 Å². The van der Waals surface area contributed by atoms with Crippen LogP contribution in [0.1, 0.15) is 18.0 Å². The molecule has 1 aromatic rings. The van der Waals surface area contributed by atoms with Crippen molar-refractivity contribution in [2.24, 2.45) is 0 Å². The van der Waals surface area contributed by atoms with Crippen LogP contribution in [0.2, 0.25) is 0 Å². The molecule has 0 N–H and O–H groups in total. The van der Waals surface area contributed by atoms with Crippen LogP contribution in [0.4, 0.5) is 0 Å². The first-order chi connectivity index (χ1) is 4.33. The lowest BCUT2D eigenvalue weighted by molar-refractivity contribution is 0.520. The summed E-state index contributed by atoms with van der Waals surface area (Å²) in [6.07, 6.45) is 3.48. The van der Waals surface area contributed by atoms with E-state index in [1.165, 1.54) is 0 Å². The smallest absolute Gasteiger partial charge is 0.191 e. The Labute approximate surface area is 54.9 Å². The molecule has 1 heterocycles. The van der Waals surface area contributed by atoms with E-state index >= 15 is 0 Å². The van der Waals surface area contributed by atoms with Gasteiger partial charge < -0.3 is 4.42 Å². The first-order valence-electron chi connectivity index (χ1n) is 3.03. The molecule has 0 saturated heterocycles. The molecule has 1 rings (SSSR count). The molecule has 0 aliphatic carbocycles. The highest BCUT2D eigenvalue weighted by molar-refractivity contribution is 4.95. The molecule has 0 atom stereocenters. The van der Waals surface area contributed by atoms with E-state index in [1.807, 2.05) is 6.92 Å². The molecule has 2 nitrogen and oxygen atoms in total. The second kappa shape index (κ2) is 2.67. The van der Waals surface area contributed by atoms with Gasteiger partial charge in [0.05, 0.1) is 5.69 Å². The fraction of sp³-hybridized carbons (Fsp3) is 0.429. The Hall–Kier alpha value is -0.790. The fourth-order valence-electron chi connectivity index (χ4n) is 0.704. The summed E-state index contributed by atoms with van der Waals surface area (Å²) in [5.41, 5.74) is 1.00. The van der Waals surface area contributed by atoms with Crippen LogP contribution >= 0.6 is 0 Å². The molecule has 0 fully saturated rings. The first-order valence-corrected chi connectivity index (χ1v) is 3.03. The van der Waals surface area contributed by atoms with Crippen LogP contribution in [0.15, 0.2) is 10.7 Å². The van der Waals surface area contributed by atoms with Crippen LogP contribution in [0.3, 0.4) is 0 Å². The van der Waals surface area contributed by atoms with Gasteiger partial charge in [0.1, 0.15) is 6.26 Å². The summed E-state index contributed by atoms with van der Waals surface area (Å²) in [6.45, 7) is 5.55. The second-order valence-electron chi connectivity index (χ2n) is 1.96. The van der Waals surface area contributed by atoms with E-state index in [4.69, 9.17) is 4.42 Å².